The number of carbonyl (C=O) groups is 1. The number of hydroxylamine groups is 1. The van der Waals surface area contributed by atoms with Crippen LogP contribution in [0.3, 0.4) is 0 Å². The number of hydrogen-bond donors (Lipinski definition) is 1. The molecule has 0 bridgehead atoms. The predicted molar refractivity (Wildman–Crippen MR) is 76.7 cm³/mol. The van der Waals surface area contributed by atoms with Crippen LogP contribution in [0, 0.1) is 5.92 Å². The van der Waals surface area contributed by atoms with Crippen LogP contribution >= 0.6 is 0 Å². The lowest BCUT2D eigenvalue weighted by Crippen LogP contribution is -2.35. The highest BCUT2D eigenvalue weighted by Gasteiger charge is 2.27. The van der Waals surface area contributed by atoms with Gasteiger partial charge in [0.05, 0.1) is 19.1 Å². The second-order valence-corrected chi connectivity index (χ2v) is 5.19. The fraction of sp³-hybridized carbons (Fsp3) is 0.562. The molecule has 0 atom stereocenters. The number of ether oxygens (including phenoxy) is 1. The summed E-state index contributed by atoms with van der Waals surface area (Å²) >= 11 is 0. The number of benzene rings is 1. The van der Waals surface area contributed by atoms with Crippen LogP contribution in [0.2, 0.25) is 0 Å². The number of esters is 1. The highest BCUT2D eigenvalue weighted by atomic mass is 16.6. The molecule has 0 aliphatic heterocycles. The fourth-order valence-electron chi connectivity index (χ4n) is 2.52. The number of nitrogens with one attached hydrogen (secondary N) is 1. The molecule has 2 rings (SSSR count). The van der Waals surface area contributed by atoms with Gasteiger partial charge in [-0.25, -0.2) is 0 Å². The fourth-order valence-corrected chi connectivity index (χ4v) is 2.52. The van der Waals surface area contributed by atoms with E-state index in [9.17, 15) is 4.79 Å². The minimum absolute atomic E-state index is 0.0452. The van der Waals surface area contributed by atoms with Gasteiger partial charge >= 0.3 is 5.97 Å². The standard InChI is InChI=1S/C16H23NO3/c1-2-19-16(18)14-8-10-15(11-9-14)17-20-12-13-6-4-3-5-7-13/h3-7,14-15,17H,2,8-12H2,1H3. The first-order valence-electron chi connectivity index (χ1n) is 7.37. The summed E-state index contributed by atoms with van der Waals surface area (Å²) in [6.07, 6.45) is 3.67. The molecule has 0 radical (unpaired) electrons. The van der Waals surface area contributed by atoms with E-state index in [-0.39, 0.29) is 11.9 Å². The van der Waals surface area contributed by atoms with Crippen LogP contribution in [0.15, 0.2) is 30.3 Å². The first kappa shape index (κ1) is 15.0. The van der Waals surface area contributed by atoms with Gasteiger partial charge in [0.25, 0.3) is 0 Å². The smallest absolute Gasteiger partial charge is 0.308 e. The zero-order valence-electron chi connectivity index (χ0n) is 12.0. The van der Waals surface area contributed by atoms with Gasteiger partial charge in [-0.2, -0.15) is 5.48 Å². The first-order chi connectivity index (χ1) is 9.79. The van der Waals surface area contributed by atoms with Gasteiger partial charge in [-0.3, -0.25) is 9.63 Å². The van der Waals surface area contributed by atoms with E-state index in [1.54, 1.807) is 0 Å². The molecule has 0 unspecified atom stereocenters. The van der Waals surface area contributed by atoms with Gasteiger partial charge in [0, 0.05) is 6.04 Å². The highest BCUT2D eigenvalue weighted by molar-refractivity contribution is 5.72. The van der Waals surface area contributed by atoms with E-state index in [1.165, 1.54) is 0 Å². The van der Waals surface area contributed by atoms with Crippen LogP contribution in [0.1, 0.15) is 38.2 Å². The number of hydrogen-bond acceptors (Lipinski definition) is 4. The lowest BCUT2D eigenvalue weighted by Gasteiger charge is -2.27. The van der Waals surface area contributed by atoms with Crippen molar-refractivity contribution in [2.24, 2.45) is 5.92 Å². The molecule has 4 heteroatoms. The van der Waals surface area contributed by atoms with Crippen LogP contribution in [0.5, 0.6) is 0 Å². The number of rotatable bonds is 6. The SMILES string of the molecule is CCOC(=O)C1CCC(NOCc2ccccc2)CC1. The van der Waals surface area contributed by atoms with E-state index < -0.39 is 0 Å². The zero-order chi connectivity index (χ0) is 14.2. The molecule has 1 N–H and O–H groups in total. The summed E-state index contributed by atoms with van der Waals surface area (Å²) in [5, 5.41) is 0. The summed E-state index contributed by atoms with van der Waals surface area (Å²) in [6.45, 7) is 2.89. The second-order valence-electron chi connectivity index (χ2n) is 5.19. The third-order valence-electron chi connectivity index (χ3n) is 3.68. The third kappa shape index (κ3) is 4.62. The Kier molecular flexibility index (Phi) is 6.02. The summed E-state index contributed by atoms with van der Waals surface area (Å²) in [4.78, 5) is 17.2. The monoisotopic (exact) mass is 277 g/mol. The molecule has 110 valence electrons. The van der Waals surface area contributed by atoms with Crippen molar-refractivity contribution in [1.29, 1.82) is 0 Å². The lowest BCUT2D eigenvalue weighted by atomic mass is 9.86. The van der Waals surface area contributed by atoms with E-state index >= 15 is 0 Å². The summed E-state index contributed by atoms with van der Waals surface area (Å²) < 4.78 is 5.06. The maximum Gasteiger partial charge on any atom is 0.308 e. The van der Waals surface area contributed by atoms with Crippen molar-refractivity contribution in [3.05, 3.63) is 35.9 Å². The van der Waals surface area contributed by atoms with Crippen molar-refractivity contribution in [3.63, 3.8) is 0 Å². The Morgan fingerprint density at radius 1 is 1.20 bits per heavy atom. The molecule has 0 heterocycles. The molecule has 20 heavy (non-hydrogen) atoms. The Morgan fingerprint density at radius 2 is 1.90 bits per heavy atom. The van der Waals surface area contributed by atoms with Crippen molar-refractivity contribution in [3.8, 4) is 0 Å². The van der Waals surface area contributed by atoms with Crippen LogP contribution in [0.25, 0.3) is 0 Å². The lowest BCUT2D eigenvalue weighted by molar-refractivity contribution is -0.149. The topological polar surface area (TPSA) is 47.6 Å². The van der Waals surface area contributed by atoms with Gasteiger partial charge in [0.1, 0.15) is 0 Å². The first-order valence-corrected chi connectivity index (χ1v) is 7.37. The average molecular weight is 277 g/mol. The number of carbonyl (C=O) groups excluding carboxylic acids is 1. The average Bonchev–Trinajstić information content (AvgIpc) is 2.49. The molecule has 1 aromatic rings. The molecule has 1 fully saturated rings. The van der Waals surface area contributed by atoms with Gasteiger partial charge in [0.2, 0.25) is 0 Å². The molecule has 0 saturated heterocycles. The summed E-state index contributed by atoms with van der Waals surface area (Å²) in [7, 11) is 0. The molecule has 0 spiro atoms. The van der Waals surface area contributed by atoms with Crippen LogP contribution in [-0.4, -0.2) is 18.6 Å². The van der Waals surface area contributed by atoms with E-state index in [0.717, 1.165) is 31.2 Å². The third-order valence-corrected chi connectivity index (χ3v) is 3.68. The molecular weight excluding hydrogens is 254 g/mol. The van der Waals surface area contributed by atoms with Crippen LogP contribution < -0.4 is 5.48 Å². The Morgan fingerprint density at radius 3 is 2.55 bits per heavy atom. The van der Waals surface area contributed by atoms with E-state index in [0.29, 0.717) is 19.3 Å². The normalized spacial score (nSPS) is 22.4. The Hall–Kier alpha value is -1.39. The maximum absolute atomic E-state index is 11.6. The molecular formula is C16H23NO3. The largest absolute Gasteiger partial charge is 0.466 e. The van der Waals surface area contributed by atoms with Gasteiger partial charge in [-0.05, 0) is 38.2 Å². The van der Waals surface area contributed by atoms with Crippen LogP contribution in [0.4, 0.5) is 0 Å². The molecule has 1 aliphatic carbocycles. The van der Waals surface area contributed by atoms with Gasteiger partial charge < -0.3 is 4.74 Å². The van der Waals surface area contributed by atoms with Gasteiger partial charge in [0.15, 0.2) is 0 Å². The maximum atomic E-state index is 11.6. The summed E-state index contributed by atoms with van der Waals surface area (Å²) in [6, 6.07) is 10.4. The minimum Gasteiger partial charge on any atom is -0.466 e. The minimum atomic E-state index is -0.0452. The summed E-state index contributed by atoms with van der Waals surface area (Å²) in [5.74, 6) is 0.0262. The molecule has 0 amide bonds. The molecule has 1 aromatic carbocycles. The predicted octanol–water partition coefficient (Wildman–Crippen LogP) is 2.83. The van der Waals surface area contributed by atoms with E-state index in [1.807, 2.05) is 37.3 Å². The van der Waals surface area contributed by atoms with Crippen molar-refractivity contribution in [1.82, 2.24) is 5.48 Å². The molecule has 1 saturated carbocycles. The van der Waals surface area contributed by atoms with Crippen molar-refractivity contribution < 1.29 is 14.4 Å². The van der Waals surface area contributed by atoms with Gasteiger partial charge in [-0.1, -0.05) is 30.3 Å². The van der Waals surface area contributed by atoms with Crippen molar-refractivity contribution in [2.75, 3.05) is 6.61 Å². The van der Waals surface area contributed by atoms with Crippen LogP contribution in [-0.2, 0) is 21.0 Å². The highest BCUT2D eigenvalue weighted by Crippen LogP contribution is 2.25. The molecule has 4 nitrogen and oxygen atoms in total. The van der Waals surface area contributed by atoms with Crippen molar-refractivity contribution >= 4 is 5.97 Å². The van der Waals surface area contributed by atoms with E-state index in [2.05, 4.69) is 5.48 Å². The molecule has 0 aromatic heterocycles. The molecule has 1 aliphatic rings. The Bertz CT molecular complexity index is 399. The zero-order valence-corrected chi connectivity index (χ0v) is 12.0. The summed E-state index contributed by atoms with van der Waals surface area (Å²) in [5.41, 5.74) is 4.26. The van der Waals surface area contributed by atoms with Gasteiger partial charge in [-0.15, -0.1) is 0 Å². The Labute approximate surface area is 120 Å². The van der Waals surface area contributed by atoms with Crippen molar-refractivity contribution in [2.45, 2.75) is 45.3 Å². The quantitative estimate of drug-likeness (QED) is 0.641. The second kappa shape index (κ2) is 8.02. The van der Waals surface area contributed by atoms with E-state index in [4.69, 9.17) is 9.57 Å². The Balaban J connectivity index is 1.63.